The van der Waals surface area contributed by atoms with Gasteiger partial charge in [0, 0.05) is 37.8 Å². The molecular weight excluding hydrogens is 210 g/mol. The van der Waals surface area contributed by atoms with Crippen molar-refractivity contribution in [3.63, 3.8) is 0 Å². The maximum atomic E-state index is 13.6. The minimum atomic E-state index is -0.376. The Hall–Kier alpha value is -1.00. The Morgan fingerprint density at radius 2 is 1.94 bits per heavy atom. The fourth-order valence-electron chi connectivity index (χ4n) is 2.10. The molecule has 0 amide bonds. The number of hydrogen-bond acceptors (Lipinski definition) is 2. The molecule has 0 bridgehead atoms. The fourth-order valence-corrected chi connectivity index (χ4v) is 2.10. The Morgan fingerprint density at radius 1 is 1.25 bits per heavy atom. The lowest BCUT2D eigenvalue weighted by molar-refractivity contribution is 0.182. The molecule has 1 atom stereocenters. The molecule has 0 radical (unpaired) electrons. The summed E-state index contributed by atoms with van der Waals surface area (Å²) in [7, 11) is 0. The first-order valence-corrected chi connectivity index (χ1v) is 5.58. The van der Waals surface area contributed by atoms with Crippen molar-refractivity contribution in [3.8, 4) is 0 Å². The van der Waals surface area contributed by atoms with E-state index in [0.29, 0.717) is 5.56 Å². The average Bonchev–Trinajstić information content (AvgIpc) is 2.32. The van der Waals surface area contributed by atoms with Gasteiger partial charge in [0.25, 0.3) is 0 Å². The molecule has 2 rings (SSSR count). The number of piperazine rings is 1. The van der Waals surface area contributed by atoms with E-state index in [1.165, 1.54) is 12.1 Å². The number of halogens is 2. The van der Waals surface area contributed by atoms with Gasteiger partial charge in [0.15, 0.2) is 0 Å². The lowest BCUT2D eigenvalue weighted by Crippen LogP contribution is -2.44. The van der Waals surface area contributed by atoms with Gasteiger partial charge in [-0.2, -0.15) is 0 Å². The van der Waals surface area contributed by atoms with Gasteiger partial charge in [-0.15, -0.1) is 0 Å². The topological polar surface area (TPSA) is 15.3 Å². The largest absolute Gasteiger partial charge is 0.314 e. The van der Waals surface area contributed by atoms with Crippen LogP contribution in [-0.2, 0) is 0 Å². The molecule has 4 heteroatoms. The quantitative estimate of drug-likeness (QED) is 0.829. The standard InChI is InChI=1S/C12H16F2N2/c1-9(16-6-4-15-5-7-16)11-8-10(13)2-3-12(11)14/h2-3,8-9,15H,4-7H2,1H3/t9-/m1/s1. The van der Waals surface area contributed by atoms with E-state index in [1.807, 2.05) is 6.92 Å². The highest BCUT2D eigenvalue weighted by atomic mass is 19.1. The van der Waals surface area contributed by atoms with E-state index in [4.69, 9.17) is 0 Å². The Bertz CT molecular complexity index is 362. The third-order valence-corrected chi connectivity index (χ3v) is 3.11. The number of nitrogens with one attached hydrogen (secondary N) is 1. The fraction of sp³-hybridized carbons (Fsp3) is 0.500. The third kappa shape index (κ3) is 2.39. The molecule has 0 saturated carbocycles. The van der Waals surface area contributed by atoms with Crippen molar-refractivity contribution in [3.05, 3.63) is 35.4 Å². The molecular formula is C12H16F2N2. The molecule has 1 heterocycles. The molecule has 1 aromatic carbocycles. The van der Waals surface area contributed by atoms with Gasteiger partial charge in [-0.05, 0) is 25.1 Å². The van der Waals surface area contributed by atoms with E-state index in [2.05, 4.69) is 10.2 Å². The van der Waals surface area contributed by atoms with Crippen molar-refractivity contribution in [2.24, 2.45) is 0 Å². The highest BCUT2D eigenvalue weighted by Gasteiger charge is 2.20. The van der Waals surface area contributed by atoms with Crippen LogP contribution in [0.1, 0.15) is 18.5 Å². The highest BCUT2D eigenvalue weighted by Crippen LogP contribution is 2.23. The van der Waals surface area contributed by atoms with E-state index < -0.39 is 0 Å². The summed E-state index contributed by atoms with van der Waals surface area (Å²) in [6.45, 7) is 5.47. The first kappa shape index (κ1) is 11.5. The van der Waals surface area contributed by atoms with Crippen LogP contribution in [-0.4, -0.2) is 31.1 Å². The minimum Gasteiger partial charge on any atom is -0.314 e. The Morgan fingerprint density at radius 3 is 2.62 bits per heavy atom. The number of rotatable bonds is 2. The number of hydrogen-bond donors (Lipinski definition) is 1. The van der Waals surface area contributed by atoms with Crippen molar-refractivity contribution in [1.82, 2.24) is 10.2 Å². The number of nitrogens with zero attached hydrogens (tertiary/aromatic N) is 1. The smallest absolute Gasteiger partial charge is 0.128 e. The maximum Gasteiger partial charge on any atom is 0.128 e. The molecule has 1 aliphatic rings. The zero-order valence-electron chi connectivity index (χ0n) is 9.34. The molecule has 1 fully saturated rings. The van der Waals surface area contributed by atoms with Gasteiger partial charge in [0.2, 0.25) is 0 Å². The molecule has 0 aliphatic carbocycles. The van der Waals surface area contributed by atoms with Crippen LogP contribution in [0.25, 0.3) is 0 Å². The van der Waals surface area contributed by atoms with Crippen LogP contribution in [0.4, 0.5) is 8.78 Å². The van der Waals surface area contributed by atoms with E-state index >= 15 is 0 Å². The van der Waals surface area contributed by atoms with Gasteiger partial charge in [-0.1, -0.05) is 0 Å². The van der Waals surface area contributed by atoms with Crippen molar-refractivity contribution in [1.29, 1.82) is 0 Å². The normalized spacial score (nSPS) is 19.7. The molecule has 2 nitrogen and oxygen atoms in total. The van der Waals surface area contributed by atoms with Gasteiger partial charge in [-0.3, -0.25) is 4.90 Å². The van der Waals surface area contributed by atoms with Gasteiger partial charge < -0.3 is 5.32 Å². The summed E-state index contributed by atoms with van der Waals surface area (Å²) >= 11 is 0. The minimum absolute atomic E-state index is 0.0715. The molecule has 1 aromatic rings. The molecule has 1 aliphatic heterocycles. The van der Waals surface area contributed by atoms with Crippen LogP contribution in [0.15, 0.2) is 18.2 Å². The summed E-state index contributed by atoms with van der Waals surface area (Å²) in [5.41, 5.74) is 0.446. The Labute approximate surface area is 94.3 Å². The zero-order chi connectivity index (χ0) is 11.5. The summed E-state index contributed by atoms with van der Waals surface area (Å²) in [5, 5.41) is 3.24. The highest BCUT2D eigenvalue weighted by molar-refractivity contribution is 5.22. The first-order chi connectivity index (χ1) is 7.68. The predicted octanol–water partition coefficient (Wildman–Crippen LogP) is 1.93. The van der Waals surface area contributed by atoms with Crippen molar-refractivity contribution >= 4 is 0 Å². The predicted molar refractivity (Wildman–Crippen MR) is 59.2 cm³/mol. The van der Waals surface area contributed by atoms with Crippen LogP contribution >= 0.6 is 0 Å². The molecule has 1 saturated heterocycles. The Balaban J connectivity index is 2.18. The van der Waals surface area contributed by atoms with Crippen LogP contribution in [0, 0.1) is 11.6 Å². The van der Waals surface area contributed by atoms with E-state index in [0.717, 1.165) is 32.2 Å². The average molecular weight is 226 g/mol. The van der Waals surface area contributed by atoms with Crippen molar-refractivity contribution in [2.45, 2.75) is 13.0 Å². The maximum absolute atomic E-state index is 13.6. The summed E-state index contributed by atoms with van der Waals surface area (Å²) in [6, 6.07) is 3.58. The molecule has 1 N–H and O–H groups in total. The second-order valence-corrected chi connectivity index (χ2v) is 4.13. The van der Waals surface area contributed by atoms with Crippen LogP contribution < -0.4 is 5.32 Å². The van der Waals surface area contributed by atoms with Crippen molar-refractivity contribution in [2.75, 3.05) is 26.2 Å². The van der Waals surface area contributed by atoms with Crippen molar-refractivity contribution < 1.29 is 8.78 Å². The number of benzene rings is 1. The molecule has 16 heavy (non-hydrogen) atoms. The van der Waals surface area contributed by atoms with Crippen LogP contribution in [0.5, 0.6) is 0 Å². The second kappa shape index (κ2) is 4.89. The molecule has 0 aromatic heterocycles. The van der Waals surface area contributed by atoms with Gasteiger partial charge in [0.05, 0.1) is 0 Å². The lowest BCUT2D eigenvalue weighted by atomic mass is 10.1. The summed E-state index contributed by atoms with van der Waals surface area (Å²) in [6.07, 6.45) is 0. The third-order valence-electron chi connectivity index (χ3n) is 3.11. The second-order valence-electron chi connectivity index (χ2n) is 4.13. The van der Waals surface area contributed by atoms with E-state index in [-0.39, 0.29) is 17.7 Å². The van der Waals surface area contributed by atoms with Gasteiger partial charge in [-0.25, -0.2) is 8.78 Å². The van der Waals surface area contributed by atoms with E-state index in [9.17, 15) is 8.78 Å². The SMILES string of the molecule is C[C@H](c1cc(F)ccc1F)N1CCNCC1. The van der Waals surface area contributed by atoms with Gasteiger partial charge >= 0.3 is 0 Å². The van der Waals surface area contributed by atoms with Crippen LogP contribution in [0.3, 0.4) is 0 Å². The molecule has 0 unspecified atom stereocenters. The summed E-state index contributed by atoms with van der Waals surface area (Å²) < 4.78 is 26.6. The van der Waals surface area contributed by atoms with Gasteiger partial charge in [0.1, 0.15) is 11.6 Å². The lowest BCUT2D eigenvalue weighted by Gasteiger charge is -2.33. The monoisotopic (exact) mass is 226 g/mol. The zero-order valence-corrected chi connectivity index (χ0v) is 9.34. The Kier molecular flexibility index (Phi) is 3.51. The summed E-state index contributed by atoms with van der Waals surface area (Å²) in [5.74, 6) is -0.703. The van der Waals surface area contributed by atoms with Crippen LogP contribution in [0.2, 0.25) is 0 Å². The summed E-state index contributed by atoms with van der Waals surface area (Å²) in [4.78, 5) is 2.16. The van der Waals surface area contributed by atoms with E-state index in [1.54, 1.807) is 0 Å². The molecule has 0 spiro atoms. The first-order valence-electron chi connectivity index (χ1n) is 5.58. The molecule has 88 valence electrons.